The fraction of sp³-hybridized carbons (Fsp3) is 0.423. The van der Waals surface area contributed by atoms with E-state index in [-0.39, 0.29) is 24.3 Å². The fourth-order valence-electron chi connectivity index (χ4n) is 5.84. The van der Waals surface area contributed by atoms with E-state index in [1.165, 1.54) is 12.5 Å². The first-order valence-corrected chi connectivity index (χ1v) is 12.3. The Morgan fingerprint density at radius 3 is 2.66 bits per heavy atom. The zero-order valence-corrected chi connectivity index (χ0v) is 19.8. The van der Waals surface area contributed by atoms with Gasteiger partial charge in [0, 0.05) is 43.6 Å². The molecule has 1 aromatic heterocycles. The number of benzene rings is 2. The van der Waals surface area contributed by atoms with Crippen LogP contribution in [0.25, 0.3) is 16.6 Å². The number of rotatable bonds is 4. The second kappa shape index (κ2) is 8.64. The van der Waals surface area contributed by atoms with Crippen molar-refractivity contribution in [2.24, 2.45) is 0 Å². The van der Waals surface area contributed by atoms with E-state index in [9.17, 15) is 14.0 Å². The third-order valence-electron chi connectivity index (χ3n) is 7.88. The molecular formula is C26H29FN6O2. The lowest BCUT2D eigenvalue weighted by Crippen LogP contribution is -2.45. The molecule has 0 spiro atoms. The molecule has 3 amide bonds. The van der Waals surface area contributed by atoms with E-state index in [0.717, 1.165) is 42.5 Å². The molecule has 3 aliphatic heterocycles. The molecule has 4 heterocycles. The van der Waals surface area contributed by atoms with Crippen LogP contribution in [0.4, 0.5) is 14.9 Å². The largest absolute Gasteiger partial charge is 0.340 e. The molecule has 9 heteroatoms. The third-order valence-corrected chi connectivity index (χ3v) is 7.88. The summed E-state index contributed by atoms with van der Waals surface area (Å²) >= 11 is 0. The number of hydrogen-bond acceptors (Lipinski definition) is 4. The van der Waals surface area contributed by atoms with Crippen molar-refractivity contribution in [3.8, 4) is 5.69 Å². The zero-order valence-electron chi connectivity index (χ0n) is 19.8. The molecule has 2 bridgehead atoms. The Kier molecular flexibility index (Phi) is 5.44. The molecular weight excluding hydrogens is 447 g/mol. The zero-order chi connectivity index (χ0) is 24.1. The van der Waals surface area contributed by atoms with Gasteiger partial charge in [0.2, 0.25) is 5.91 Å². The number of carbonyl (C=O) groups excluding carboxylic acids is 2. The maximum absolute atomic E-state index is 14.4. The summed E-state index contributed by atoms with van der Waals surface area (Å²) in [6, 6.07) is 12.9. The highest BCUT2D eigenvalue weighted by Gasteiger charge is 2.38. The molecule has 35 heavy (non-hydrogen) atoms. The number of anilines is 1. The first-order chi connectivity index (χ1) is 17.0. The summed E-state index contributed by atoms with van der Waals surface area (Å²) in [6.07, 6.45) is 5.00. The lowest BCUT2D eigenvalue weighted by Gasteiger charge is -2.27. The third kappa shape index (κ3) is 3.74. The van der Waals surface area contributed by atoms with Crippen molar-refractivity contribution >= 4 is 28.5 Å². The second-order valence-electron chi connectivity index (χ2n) is 9.75. The van der Waals surface area contributed by atoms with E-state index in [1.807, 2.05) is 23.1 Å². The molecule has 0 radical (unpaired) electrons. The highest BCUT2D eigenvalue weighted by Crippen LogP contribution is 2.32. The molecule has 3 saturated heterocycles. The number of aromatic nitrogens is 2. The van der Waals surface area contributed by atoms with Crippen LogP contribution < -0.4 is 4.90 Å². The van der Waals surface area contributed by atoms with E-state index >= 15 is 0 Å². The van der Waals surface area contributed by atoms with Crippen molar-refractivity contribution in [1.29, 1.82) is 0 Å². The van der Waals surface area contributed by atoms with E-state index in [1.54, 1.807) is 38.9 Å². The molecule has 3 fully saturated rings. The molecule has 8 nitrogen and oxygen atoms in total. The molecule has 182 valence electrons. The number of carbonyl (C=O) groups is 2. The van der Waals surface area contributed by atoms with Crippen molar-refractivity contribution in [3.05, 3.63) is 54.5 Å². The van der Waals surface area contributed by atoms with E-state index in [4.69, 9.17) is 0 Å². The van der Waals surface area contributed by atoms with Crippen LogP contribution in [0, 0.1) is 5.82 Å². The van der Waals surface area contributed by atoms with Crippen molar-refractivity contribution in [2.75, 3.05) is 44.7 Å². The van der Waals surface area contributed by atoms with Crippen molar-refractivity contribution in [1.82, 2.24) is 24.5 Å². The Morgan fingerprint density at radius 2 is 1.80 bits per heavy atom. The van der Waals surface area contributed by atoms with Crippen LogP contribution in [0.1, 0.15) is 19.3 Å². The molecule has 2 atom stereocenters. The number of likely N-dealkylation sites (N-methyl/N-ethyl adjacent to an activating group) is 1. The highest BCUT2D eigenvalue weighted by atomic mass is 19.1. The average molecular weight is 477 g/mol. The molecule has 3 aliphatic rings. The number of para-hydroxylation sites is 1. The van der Waals surface area contributed by atoms with Crippen LogP contribution >= 0.6 is 0 Å². The maximum atomic E-state index is 14.4. The van der Waals surface area contributed by atoms with E-state index in [0.29, 0.717) is 30.9 Å². The normalized spacial score (nSPS) is 22.9. The predicted octanol–water partition coefficient (Wildman–Crippen LogP) is 3.10. The molecule has 0 unspecified atom stereocenters. The van der Waals surface area contributed by atoms with Gasteiger partial charge in [0.25, 0.3) is 0 Å². The van der Waals surface area contributed by atoms with Crippen molar-refractivity contribution in [2.45, 2.75) is 31.3 Å². The summed E-state index contributed by atoms with van der Waals surface area (Å²) in [6.45, 7) is 2.57. The van der Waals surface area contributed by atoms with Gasteiger partial charge in [-0.3, -0.25) is 14.6 Å². The van der Waals surface area contributed by atoms with Crippen molar-refractivity contribution in [3.63, 3.8) is 0 Å². The fourth-order valence-corrected chi connectivity index (χ4v) is 5.84. The van der Waals surface area contributed by atoms with Gasteiger partial charge in [0.15, 0.2) is 0 Å². The number of amides is 3. The minimum absolute atomic E-state index is 0.0201. The number of hydrogen-bond donors (Lipinski definition) is 0. The van der Waals surface area contributed by atoms with Crippen LogP contribution in [0.2, 0.25) is 0 Å². The van der Waals surface area contributed by atoms with Gasteiger partial charge in [-0.15, -0.1) is 0 Å². The Bertz CT molecular complexity index is 1290. The summed E-state index contributed by atoms with van der Waals surface area (Å²) in [4.78, 5) is 34.1. The number of nitrogens with zero attached hydrogens (tertiary/aromatic N) is 6. The Hall–Kier alpha value is -3.46. The first kappa shape index (κ1) is 22.0. The Labute approximate surface area is 203 Å². The number of fused-ring (bicyclic) bond motifs is 3. The molecule has 2 aromatic carbocycles. The molecule has 6 rings (SSSR count). The van der Waals surface area contributed by atoms with Gasteiger partial charge in [-0.25, -0.2) is 13.9 Å². The Balaban J connectivity index is 1.20. The Morgan fingerprint density at radius 1 is 1.00 bits per heavy atom. The number of urea groups is 1. The standard InChI is InChI=1S/C26H29FN6O2/c1-29-18-9-10-19(29)16-30(12-11-18)25(34)17-31-13-14-32(26(31)35)22-7-4-8-23-20(22)15-28-33(23)24-6-3-2-5-21(24)27/h2-8,15,18-19H,9-14,16-17H2,1H3/t18-,19+/m0/s1. The smallest absolute Gasteiger partial charge is 0.325 e. The number of halogens is 1. The second-order valence-corrected chi connectivity index (χ2v) is 9.75. The first-order valence-electron chi connectivity index (χ1n) is 12.3. The molecule has 0 aliphatic carbocycles. The van der Waals surface area contributed by atoms with Crippen molar-refractivity contribution < 1.29 is 14.0 Å². The summed E-state index contributed by atoms with van der Waals surface area (Å²) in [5, 5.41) is 5.17. The van der Waals surface area contributed by atoms with Gasteiger partial charge in [-0.1, -0.05) is 18.2 Å². The monoisotopic (exact) mass is 476 g/mol. The van der Waals surface area contributed by atoms with Gasteiger partial charge >= 0.3 is 6.03 Å². The van der Waals surface area contributed by atoms with Crippen LogP contribution in [-0.4, -0.2) is 88.3 Å². The van der Waals surface area contributed by atoms with Gasteiger partial charge in [-0.2, -0.15) is 5.10 Å². The quantitative estimate of drug-likeness (QED) is 0.581. The van der Waals surface area contributed by atoms with Crippen LogP contribution in [-0.2, 0) is 4.79 Å². The molecule has 3 aromatic rings. The summed E-state index contributed by atoms with van der Waals surface area (Å²) in [5.41, 5.74) is 1.80. The minimum atomic E-state index is -0.363. The SMILES string of the molecule is CN1[C@H]2CC[C@@H]1CN(C(=O)CN1CCN(c3cccc4c3cnn4-c3ccccc3F)C1=O)CC2. The van der Waals surface area contributed by atoms with Gasteiger partial charge in [0.1, 0.15) is 18.0 Å². The van der Waals surface area contributed by atoms with Gasteiger partial charge in [0.05, 0.1) is 17.4 Å². The lowest BCUT2D eigenvalue weighted by atomic mass is 10.1. The molecule has 0 N–H and O–H groups in total. The van der Waals surface area contributed by atoms with Crippen LogP contribution in [0.3, 0.4) is 0 Å². The van der Waals surface area contributed by atoms with Gasteiger partial charge < -0.3 is 9.80 Å². The predicted molar refractivity (Wildman–Crippen MR) is 131 cm³/mol. The number of likely N-dealkylation sites (tertiary alicyclic amines) is 1. The summed E-state index contributed by atoms with van der Waals surface area (Å²) in [5.74, 6) is -0.343. The van der Waals surface area contributed by atoms with Gasteiger partial charge in [-0.05, 0) is 50.6 Å². The minimum Gasteiger partial charge on any atom is -0.340 e. The summed E-state index contributed by atoms with van der Waals surface area (Å²) in [7, 11) is 2.16. The summed E-state index contributed by atoms with van der Waals surface area (Å²) < 4.78 is 16.0. The topological polar surface area (TPSA) is 64.9 Å². The van der Waals surface area contributed by atoms with E-state index in [2.05, 4.69) is 17.0 Å². The van der Waals surface area contributed by atoms with E-state index < -0.39 is 0 Å². The lowest BCUT2D eigenvalue weighted by molar-refractivity contribution is -0.132. The highest BCUT2D eigenvalue weighted by molar-refractivity contribution is 6.04. The molecule has 0 saturated carbocycles. The average Bonchev–Trinajstić information content (AvgIpc) is 3.50. The van der Waals surface area contributed by atoms with Crippen LogP contribution in [0.15, 0.2) is 48.7 Å². The maximum Gasteiger partial charge on any atom is 0.325 e. The van der Waals surface area contributed by atoms with Crippen LogP contribution in [0.5, 0.6) is 0 Å².